The van der Waals surface area contributed by atoms with Crippen molar-refractivity contribution in [1.29, 1.82) is 0 Å². The summed E-state index contributed by atoms with van der Waals surface area (Å²) < 4.78 is 0. The molecule has 0 aliphatic carbocycles. The van der Waals surface area contributed by atoms with E-state index in [1.54, 1.807) is 43.1 Å². The molecule has 2 N–H and O–H groups in total. The largest absolute Gasteiger partial charge is 0.362 e. The van der Waals surface area contributed by atoms with Gasteiger partial charge in [0.05, 0.1) is 11.9 Å². The first-order chi connectivity index (χ1) is 9.28. The lowest BCUT2D eigenvalue weighted by Crippen LogP contribution is -2.42. The SMILES string of the molecule is OC1(c2cccnc2)C=NC(c2cccnc2)=CN1. The van der Waals surface area contributed by atoms with Crippen LogP contribution in [0.3, 0.4) is 0 Å². The molecule has 3 heterocycles. The molecular weight excluding hydrogens is 240 g/mol. The second kappa shape index (κ2) is 4.62. The molecule has 3 rings (SSSR count). The van der Waals surface area contributed by atoms with Gasteiger partial charge in [0.15, 0.2) is 0 Å². The van der Waals surface area contributed by atoms with Gasteiger partial charge in [-0.2, -0.15) is 0 Å². The van der Waals surface area contributed by atoms with E-state index in [1.165, 1.54) is 6.21 Å². The van der Waals surface area contributed by atoms with Crippen LogP contribution in [0.4, 0.5) is 0 Å². The van der Waals surface area contributed by atoms with Crippen molar-refractivity contribution in [3.05, 3.63) is 66.4 Å². The lowest BCUT2D eigenvalue weighted by molar-refractivity contribution is 0.0925. The molecular formula is C14H12N4O. The van der Waals surface area contributed by atoms with Gasteiger partial charge < -0.3 is 10.4 Å². The third-order valence-electron chi connectivity index (χ3n) is 2.88. The molecule has 0 radical (unpaired) electrons. The summed E-state index contributed by atoms with van der Waals surface area (Å²) >= 11 is 0. The summed E-state index contributed by atoms with van der Waals surface area (Å²) in [5.74, 6) is 0. The molecule has 5 heteroatoms. The minimum Gasteiger partial charge on any atom is -0.362 e. The number of aliphatic imine (C=N–C) groups is 1. The third-order valence-corrected chi connectivity index (χ3v) is 2.88. The third kappa shape index (κ3) is 2.23. The van der Waals surface area contributed by atoms with Crippen LogP contribution in [-0.4, -0.2) is 21.3 Å². The maximum absolute atomic E-state index is 10.4. The molecule has 2 aromatic heterocycles. The zero-order valence-corrected chi connectivity index (χ0v) is 10.1. The average molecular weight is 252 g/mol. The summed E-state index contributed by atoms with van der Waals surface area (Å²) in [7, 11) is 0. The molecule has 1 unspecified atom stereocenters. The predicted molar refractivity (Wildman–Crippen MR) is 72.0 cm³/mol. The van der Waals surface area contributed by atoms with Crippen LogP contribution in [0.5, 0.6) is 0 Å². The summed E-state index contributed by atoms with van der Waals surface area (Å²) in [5.41, 5.74) is 0.932. The van der Waals surface area contributed by atoms with Crippen molar-refractivity contribution < 1.29 is 5.11 Å². The van der Waals surface area contributed by atoms with Crippen molar-refractivity contribution in [1.82, 2.24) is 15.3 Å². The Labute approximate surface area is 110 Å². The van der Waals surface area contributed by atoms with Gasteiger partial charge in [-0.25, -0.2) is 0 Å². The van der Waals surface area contributed by atoms with E-state index in [2.05, 4.69) is 20.3 Å². The maximum Gasteiger partial charge on any atom is 0.200 e. The highest BCUT2D eigenvalue weighted by Crippen LogP contribution is 2.23. The van der Waals surface area contributed by atoms with Crippen molar-refractivity contribution in [2.45, 2.75) is 5.72 Å². The van der Waals surface area contributed by atoms with Gasteiger partial charge in [0.1, 0.15) is 0 Å². The van der Waals surface area contributed by atoms with E-state index in [0.717, 1.165) is 11.3 Å². The fraction of sp³-hybridized carbons (Fsp3) is 0.0714. The molecule has 0 aromatic carbocycles. The fourth-order valence-electron chi connectivity index (χ4n) is 1.83. The van der Waals surface area contributed by atoms with Crippen LogP contribution in [0.2, 0.25) is 0 Å². The van der Waals surface area contributed by atoms with Gasteiger partial charge in [-0.15, -0.1) is 0 Å². The molecule has 0 fully saturated rings. The van der Waals surface area contributed by atoms with Crippen molar-refractivity contribution in [2.24, 2.45) is 4.99 Å². The van der Waals surface area contributed by atoms with Crippen LogP contribution in [0.25, 0.3) is 5.70 Å². The lowest BCUT2D eigenvalue weighted by atomic mass is 10.0. The first-order valence-electron chi connectivity index (χ1n) is 5.84. The van der Waals surface area contributed by atoms with Crippen LogP contribution < -0.4 is 5.32 Å². The van der Waals surface area contributed by atoms with E-state index < -0.39 is 5.72 Å². The van der Waals surface area contributed by atoms with Crippen LogP contribution >= 0.6 is 0 Å². The lowest BCUT2D eigenvalue weighted by Gasteiger charge is -2.27. The molecule has 1 aliphatic heterocycles. The summed E-state index contributed by atoms with van der Waals surface area (Å²) in [6.07, 6.45) is 9.82. The Kier molecular flexibility index (Phi) is 2.81. The Hall–Kier alpha value is -2.53. The van der Waals surface area contributed by atoms with Crippen LogP contribution in [0.15, 0.2) is 60.2 Å². The summed E-state index contributed by atoms with van der Waals surface area (Å²) in [4.78, 5) is 12.3. The van der Waals surface area contributed by atoms with Crippen molar-refractivity contribution in [2.75, 3.05) is 0 Å². The van der Waals surface area contributed by atoms with Gasteiger partial charge in [-0.3, -0.25) is 15.0 Å². The highest BCUT2D eigenvalue weighted by Gasteiger charge is 2.28. The Balaban J connectivity index is 1.87. The van der Waals surface area contributed by atoms with Crippen LogP contribution in [0, 0.1) is 0 Å². The topological polar surface area (TPSA) is 70.4 Å². The number of rotatable bonds is 2. The first kappa shape index (κ1) is 11.6. The number of pyridine rings is 2. The number of hydrogen-bond donors (Lipinski definition) is 2. The summed E-state index contributed by atoms with van der Waals surface area (Å²) in [6, 6.07) is 7.30. The predicted octanol–water partition coefficient (Wildman–Crippen LogP) is 1.29. The zero-order chi connectivity index (χ0) is 13.1. The molecule has 1 atom stereocenters. The first-order valence-corrected chi connectivity index (χ1v) is 5.84. The van der Waals surface area contributed by atoms with E-state index in [4.69, 9.17) is 0 Å². The van der Waals surface area contributed by atoms with Crippen molar-refractivity contribution in [3.63, 3.8) is 0 Å². The normalized spacial score (nSPS) is 21.6. The number of nitrogens with one attached hydrogen (secondary N) is 1. The average Bonchev–Trinajstić information content (AvgIpc) is 2.50. The second-order valence-corrected chi connectivity index (χ2v) is 4.18. The molecule has 5 nitrogen and oxygen atoms in total. The molecule has 0 spiro atoms. The maximum atomic E-state index is 10.4. The quantitative estimate of drug-likeness (QED) is 0.845. The summed E-state index contributed by atoms with van der Waals surface area (Å²) in [6.45, 7) is 0. The second-order valence-electron chi connectivity index (χ2n) is 4.18. The van der Waals surface area contributed by atoms with Crippen LogP contribution in [0.1, 0.15) is 11.1 Å². The Bertz CT molecular complexity index is 624. The van der Waals surface area contributed by atoms with E-state index >= 15 is 0 Å². The van der Waals surface area contributed by atoms with Crippen LogP contribution in [-0.2, 0) is 5.72 Å². The minimum atomic E-state index is -1.32. The number of aliphatic hydroxyl groups is 1. The van der Waals surface area contributed by atoms with Gasteiger partial charge >= 0.3 is 0 Å². The molecule has 19 heavy (non-hydrogen) atoms. The monoisotopic (exact) mass is 252 g/mol. The number of hydrogen-bond acceptors (Lipinski definition) is 5. The summed E-state index contributed by atoms with van der Waals surface area (Å²) in [5, 5.41) is 13.4. The van der Waals surface area contributed by atoms with Gasteiger partial charge in [0, 0.05) is 42.1 Å². The Morgan fingerprint density at radius 2 is 1.84 bits per heavy atom. The van der Waals surface area contributed by atoms with Crippen molar-refractivity contribution in [3.8, 4) is 0 Å². The van der Waals surface area contributed by atoms with E-state index in [9.17, 15) is 5.11 Å². The number of aromatic nitrogens is 2. The minimum absolute atomic E-state index is 0.639. The van der Waals surface area contributed by atoms with Gasteiger partial charge in [0.2, 0.25) is 5.72 Å². The highest BCUT2D eigenvalue weighted by atomic mass is 16.3. The molecule has 94 valence electrons. The zero-order valence-electron chi connectivity index (χ0n) is 10.1. The fourth-order valence-corrected chi connectivity index (χ4v) is 1.83. The molecule has 0 amide bonds. The van der Waals surface area contributed by atoms with E-state index in [0.29, 0.717) is 5.56 Å². The van der Waals surface area contributed by atoms with E-state index in [1.807, 2.05) is 12.1 Å². The standard InChI is InChI=1S/C14H12N4O/c19-14(12-4-2-6-16-8-12)10-17-13(9-18-14)11-3-1-5-15-7-11/h1-10,18-19H. The molecule has 2 aromatic rings. The highest BCUT2D eigenvalue weighted by molar-refractivity contribution is 5.81. The van der Waals surface area contributed by atoms with Gasteiger partial charge in [-0.1, -0.05) is 6.07 Å². The number of nitrogens with zero attached hydrogens (tertiary/aromatic N) is 3. The Morgan fingerprint density at radius 3 is 2.42 bits per heavy atom. The van der Waals surface area contributed by atoms with E-state index in [-0.39, 0.29) is 0 Å². The van der Waals surface area contributed by atoms with Crippen molar-refractivity contribution >= 4 is 11.9 Å². The molecule has 0 saturated carbocycles. The smallest absolute Gasteiger partial charge is 0.200 e. The Morgan fingerprint density at radius 1 is 1.05 bits per heavy atom. The molecule has 1 aliphatic rings. The van der Waals surface area contributed by atoms with Gasteiger partial charge in [-0.05, 0) is 18.2 Å². The molecule has 0 bridgehead atoms. The van der Waals surface area contributed by atoms with Gasteiger partial charge in [0.25, 0.3) is 0 Å². The molecule has 0 saturated heterocycles.